The molecule has 0 unspecified atom stereocenters. The van der Waals surface area contributed by atoms with Crippen LogP contribution in [0.15, 0.2) is 42.5 Å². The number of thiophene rings is 1. The minimum atomic E-state index is -0.582. The molecule has 0 radical (unpaired) electrons. The van der Waals surface area contributed by atoms with Crippen LogP contribution in [0, 0.1) is 6.92 Å². The van der Waals surface area contributed by atoms with Crippen LogP contribution in [0.1, 0.15) is 26.5 Å². The fourth-order valence-electron chi connectivity index (χ4n) is 2.25. The smallest absolute Gasteiger partial charge is 0.276 e. The number of primary amides is 1. The van der Waals surface area contributed by atoms with Gasteiger partial charge in [0.1, 0.15) is 5.00 Å². The third kappa shape index (κ3) is 3.07. The minimum absolute atomic E-state index is 0.292. The van der Waals surface area contributed by atoms with Crippen molar-refractivity contribution in [2.45, 2.75) is 6.92 Å². The van der Waals surface area contributed by atoms with Gasteiger partial charge in [0.25, 0.3) is 11.8 Å². The summed E-state index contributed by atoms with van der Waals surface area (Å²) in [6.45, 7) is 1.86. The summed E-state index contributed by atoms with van der Waals surface area (Å²) in [6, 6.07) is 13.0. The largest absolute Gasteiger partial charge is 0.366 e. The number of hydrogen-bond acceptors (Lipinski definition) is 4. The molecule has 0 spiro atoms. The molecule has 2 amide bonds. The Morgan fingerprint density at radius 3 is 2.50 bits per heavy atom. The molecule has 0 fully saturated rings. The zero-order valence-electron chi connectivity index (χ0n) is 13.2. The number of carbonyl (C=O) groups excluding carboxylic acids is 2. The van der Waals surface area contributed by atoms with Gasteiger partial charge in [-0.3, -0.25) is 14.3 Å². The van der Waals surface area contributed by atoms with Crippen molar-refractivity contribution >= 4 is 28.2 Å². The van der Waals surface area contributed by atoms with E-state index in [2.05, 4.69) is 10.4 Å². The molecule has 2 heterocycles. The first-order chi connectivity index (χ1) is 11.5. The third-order valence-electron chi connectivity index (χ3n) is 3.63. The van der Waals surface area contributed by atoms with Gasteiger partial charge in [-0.1, -0.05) is 30.3 Å². The first-order valence-corrected chi connectivity index (χ1v) is 8.08. The molecule has 1 aromatic carbocycles. The lowest BCUT2D eigenvalue weighted by Crippen LogP contribution is -2.17. The van der Waals surface area contributed by atoms with Crippen molar-refractivity contribution in [1.29, 1.82) is 0 Å². The SMILES string of the molecule is Cc1cc(C(=O)Nc2sc(-c3ccccc3)cc2C(N)=O)nn1C. The molecule has 7 heteroatoms. The lowest BCUT2D eigenvalue weighted by atomic mass is 10.1. The number of rotatable bonds is 4. The standard InChI is InChI=1S/C17H16N4O2S/c1-10-8-13(20-21(10)2)16(23)19-17-12(15(18)22)9-14(24-17)11-6-4-3-5-7-11/h3-9H,1-2H3,(H2,18,22)(H,19,23). The maximum absolute atomic E-state index is 12.4. The average molecular weight is 340 g/mol. The highest BCUT2D eigenvalue weighted by Crippen LogP contribution is 2.35. The van der Waals surface area contributed by atoms with E-state index in [1.54, 1.807) is 23.9 Å². The van der Waals surface area contributed by atoms with Crippen molar-refractivity contribution in [3.05, 3.63) is 59.4 Å². The Balaban J connectivity index is 1.93. The van der Waals surface area contributed by atoms with Crippen molar-refractivity contribution in [3.63, 3.8) is 0 Å². The van der Waals surface area contributed by atoms with Gasteiger partial charge in [0.15, 0.2) is 5.69 Å². The van der Waals surface area contributed by atoms with Crippen molar-refractivity contribution < 1.29 is 9.59 Å². The van der Waals surface area contributed by atoms with E-state index in [0.717, 1.165) is 16.1 Å². The lowest BCUT2D eigenvalue weighted by molar-refractivity contribution is 0.100. The summed E-state index contributed by atoms with van der Waals surface area (Å²) >= 11 is 1.31. The van der Waals surface area contributed by atoms with Crippen LogP contribution in [0.25, 0.3) is 10.4 Å². The maximum atomic E-state index is 12.4. The summed E-state index contributed by atoms with van der Waals surface area (Å²) in [4.78, 5) is 24.9. The van der Waals surface area contributed by atoms with Crippen LogP contribution >= 0.6 is 11.3 Å². The molecule has 2 aromatic heterocycles. The van der Waals surface area contributed by atoms with Crippen molar-refractivity contribution in [3.8, 4) is 10.4 Å². The number of nitrogens with two attached hydrogens (primary N) is 1. The van der Waals surface area contributed by atoms with Gasteiger partial charge in [0, 0.05) is 17.6 Å². The first kappa shape index (κ1) is 15.9. The number of benzene rings is 1. The number of amides is 2. The quantitative estimate of drug-likeness (QED) is 0.765. The fraction of sp³-hybridized carbons (Fsp3) is 0.118. The number of anilines is 1. The highest BCUT2D eigenvalue weighted by atomic mass is 32.1. The average Bonchev–Trinajstić information content (AvgIpc) is 3.12. The number of carbonyl (C=O) groups is 2. The summed E-state index contributed by atoms with van der Waals surface area (Å²) in [7, 11) is 1.76. The van der Waals surface area contributed by atoms with E-state index in [1.807, 2.05) is 37.3 Å². The summed E-state index contributed by atoms with van der Waals surface area (Å²) in [5, 5.41) is 7.31. The van der Waals surface area contributed by atoms with E-state index in [1.165, 1.54) is 11.3 Å². The Morgan fingerprint density at radius 1 is 1.21 bits per heavy atom. The van der Waals surface area contributed by atoms with Gasteiger partial charge in [-0.15, -0.1) is 11.3 Å². The molecule has 0 aliphatic rings. The highest BCUT2D eigenvalue weighted by molar-refractivity contribution is 7.20. The second-order valence-electron chi connectivity index (χ2n) is 5.33. The second-order valence-corrected chi connectivity index (χ2v) is 6.38. The van der Waals surface area contributed by atoms with Gasteiger partial charge < -0.3 is 11.1 Å². The van der Waals surface area contributed by atoms with E-state index in [4.69, 9.17) is 5.73 Å². The summed E-state index contributed by atoms with van der Waals surface area (Å²) in [5.41, 5.74) is 7.85. The number of hydrogen-bond donors (Lipinski definition) is 2. The number of aromatic nitrogens is 2. The van der Waals surface area contributed by atoms with Gasteiger partial charge >= 0.3 is 0 Å². The van der Waals surface area contributed by atoms with Gasteiger partial charge in [-0.05, 0) is 24.6 Å². The zero-order valence-corrected chi connectivity index (χ0v) is 14.1. The Bertz CT molecular complexity index is 893. The topological polar surface area (TPSA) is 90.0 Å². The van der Waals surface area contributed by atoms with Gasteiger partial charge in [-0.2, -0.15) is 5.10 Å². The van der Waals surface area contributed by atoms with E-state index in [-0.39, 0.29) is 5.91 Å². The normalized spacial score (nSPS) is 10.6. The Morgan fingerprint density at radius 2 is 1.92 bits per heavy atom. The predicted octanol–water partition coefficient (Wildman–Crippen LogP) is 2.81. The van der Waals surface area contributed by atoms with Crippen molar-refractivity contribution in [2.75, 3.05) is 5.32 Å². The van der Waals surface area contributed by atoms with Crippen LogP contribution in [-0.4, -0.2) is 21.6 Å². The third-order valence-corrected chi connectivity index (χ3v) is 4.73. The predicted molar refractivity (Wildman–Crippen MR) is 94.2 cm³/mol. The number of aryl methyl sites for hydroxylation is 2. The lowest BCUT2D eigenvalue weighted by Gasteiger charge is -2.01. The highest BCUT2D eigenvalue weighted by Gasteiger charge is 2.19. The minimum Gasteiger partial charge on any atom is -0.366 e. The van der Waals surface area contributed by atoms with Crippen LogP contribution in [-0.2, 0) is 7.05 Å². The molecule has 0 saturated carbocycles. The molecule has 122 valence electrons. The van der Waals surface area contributed by atoms with E-state index < -0.39 is 5.91 Å². The summed E-state index contributed by atoms with van der Waals surface area (Å²) in [6.07, 6.45) is 0. The molecular formula is C17H16N4O2S. The molecule has 0 aliphatic carbocycles. The molecule has 6 nitrogen and oxygen atoms in total. The van der Waals surface area contributed by atoms with Gasteiger partial charge in [0.05, 0.1) is 5.56 Å². The first-order valence-electron chi connectivity index (χ1n) is 7.26. The molecular weight excluding hydrogens is 324 g/mol. The van der Waals surface area contributed by atoms with Gasteiger partial charge in [-0.25, -0.2) is 0 Å². The molecule has 3 rings (SSSR count). The Labute approximate surface area is 142 Å². The molecule has 0 aliphatic heterocycles. The summed E-state index contributed by atoms with van der Waals surface area (Å²) < 4.78 is 1.62. The van der Waals surface area contributed by atoms with E-state index in [0.29, 0.717) is 16.3 Å². The maximum Gasteiger partial charge on any atom is 0.276 e. The Hall–Kier alpha value is -2.93. The van der Waals surface area contributed by atoms with Crippen LogP contribution in [0.4, 0.5) is 5.00 Å². The molecule has 3 aromatic rings. The molecule has 24 heavy (non-hydrogen) atoms. The number of nitrogens with one attached hydrogen (secondary N) is 1. The number of nitrogens with zero attached hydrogens (tertiary/aromatic N) is 2. The van der Waals surface area contributed by atoms with Crippen molar-refractivity contribution in [1.82, 2.24) is 9.78 Å². The van der Waals surface area contributed by atoms with Gasteiger partial charge in [0.2, 0.25) is 0 Å². The fourth-order valence-corrected chi connectivity index (χ4v) is 3.31. The van der Waals surface area contributed by atoms with E-state index >= 15 is 0 Å². The monoisotopic (exact) mass is 340 g/mol. The molecule has 0 atom stereocenters. The summed E-state index contributed by atoms with van der Waals surface area (Å²) in [5.74, 6) is -0.955. The Kier molecular flexibility index (Phi) is 4.18. The van der Waals surface area contributed by atoms with Crippen LogP contribution in [0.5, 0.6) is 0 Å². The molecule has 3 N–H and O–H groups in total. The second kappa shape index (κ2) is 6.29. The van der Waals surface area contributed by atoms with Crippen LogP contribution in [0.2, 0.25) is 0 Å². The van der Waals surface area contributed by atoms with E-state index in [9.17, 15) is 9.59 Å². The van der Waals surface area contributed by atoms with Crippen molar-refractivity contribution in [2.24, 2.45) is 12.8 Å². The van der Waals surface area contributed by atoms with Crippen LogP contribution < -0.4 is 11.1 Å². The van der Waals surface area contributed by atoms with Crippen LogP contribution in [0.3, 0.4) is 0 Å². The molecule has 0 saturated heterocycles. The molecule has 0 bridgehead atoms. The zero-order chi connectivity index (χ0) is 17.3.